The van der Waals surface area contributed by atoms with Gasteiger partial charge in [0.1, 0.15) is 11.9 Å². The van der Waals surface area contributed by atoms with Gasteiger partial charge in [-0.1, -0.05) is 24.3 Å². The highest BCUT2D eigenvalue weighted by atomic mass is 16.6. The van der Waals surface area contributed by atoms with Crippen LogP contribution in [0.5, 0.6) is 5.75 Å². The standard InChI is InChI=1S/C29H30N2O6/c1-17-26(29(33)37-23-8-3-4-9-23)27(19-6-5-7-21(14-19)31(34)35)28-24(30-17)15-20(16-25(28)32)18-10-12-22(36-2)13-11-18/h5-7,10-14,20,23,27,30H,3-4,8-9,15-16H2,1-2H3/t20-,27-/m1/s1. The number of non-ortho nitro benzene ring substituents is 1. The summed E-state index contributed by atoms with van der Waals surface area (Å²) in [4.78, 5) is 38.3. The molecule has 1 aliphatic heterocycles. The summed E-state index contributed by atoms with van der Waals surface area (Å²) in [6.45, 7) is 1.81. The van der Waals surface area contributed by atoms with Crippen molar-refractivity contribution < 1.29 is 24.0 Å². The monoisotopic (exact) mass is 502 g/mol. The van der Waals surface area contributed by atoms with Crippen LogP contribution in [0.3, 0.4) is 0 Å². The van der Waals surface area contributed by atoms with E-state index < -0.39 is 16.8 Å². The Bertz CT molecular complexity index is 1300. The van der Waals surface area contributed by atoms with E-state index in [4.69, 9.17) is 9.47 Å². The summed E-state index contributed by atoms with van der Waals surface area (Å²) in [6, 6.07) is 13.9. The summed E-state index contributed by atoms with van der Waals surface area (Å²) in [5, 5.41) is 14.9. The van der Waals surface area contributed by atoms with Crippen molar-refractivity contribution in [2.75, 3.05) is 7.11 Å². The quantitative estimate of drug-likeness (QED) is 0.318. The van der Waals surface area contributed by atoms with E-state index in [1.54, 1.807) is 26.2 Å². The highest BCUT2D eigenvalue weighted by molar-refractivity contribution is 6.04. The molecule has 5 rings (SSSR count). The fourth-order valence-corrected chi connectivity index (χ4v) is 5.79. The average molecular weight is 503 g/mol. The summed E-state index contributed by atoms with van der Waals surface area (Å²) in [5.74, 6) is -0.559. The zero-order valence-corrected chi connectivity index (χ0v) is 21.0. The van der Waals surface area contributed by atoms with Crippen molar-refractivity contribution >= 4 is 17.4 Å². The maximum Gasteiger partial charge on any atom is 0.337 e. The highest BCUT2D eigenvalue weighted by Crippen LogP contribution is 2.46. The normalized spacial score (nSPS) is 21.9. The Balaban J connectivity index is 1.55. The molecule has 0 bridgehead atoms. The minimum atomic E-state index is -0.727. The van der Waals surface area contributed by atoms with Gasteiger partial charge in [0.25, 0.3) is 5.69 Å². The summed E-state index contributed by atoms with van der Waals surface area (Å²) in [7, 11) is 1.61. The van der Waals surface area contributed by atoms with Crippen LogP contribution in [-0.2, 0) is 14.3 Å². The van der Waals surface area contributed by atoms with Gasteiger partial charge in [-0.3, -0.25) is 14.9 Å². The second-order valence-corrected chi connectivity index (χ2v) is 9.95. The second kappa shape index (κ2) is 10.2. The second-order valence-electron chi connectivity index (χ2n) is 9.95. The third-order valence-corrected chi connectivity index (χ3v) is 7.62. The molecule has 8 heteroatoms. The molecular formula is C29H30N2O6. The Hall–Kier alpha value is -3.94. The minimum Gasteiger partial charge on any atom is -0.497 e. The Kier molecular flexibility index (Phi) is 6.82. The van der Waals surface area contributed by atoms with Crippen LogP contribution in [0.2, 0.25) is 0 Å². The van der Waals surface area contributed by atoms with E-state index in [0.29, 0.717) is 28.8 Å². The van der Waals surface area contributed by atoms with Crippen molar-refractivity contribution in [3.63, 3.8) is 0 Å². The maximum absolute atomic E-state index is 13.7. The van der Waals surface area contributed by atoms with E-state index in [1.165, 1.54) is 12.1 Å². The lowest BCUT2D eigenvalue weighted by molar-refractivity contribution is -0.384. The molecule has 0 radical (unpaired) electrons. The number of methoxy groups -OCH3 is 1. The summed E-state index contributed by atoms with van der Waals surface area (Å²) < 4.78 is 11.1. The Morgan fingerprint density at radius 3 is 2.46 bits per heavy atom. The number of ether oxygens (including phenoxy) is 2. The molecule has 0 unspecified atom stereocenters. The lowest BCUT2D eigenvalue weighted by Crippen LogP contribution is -2.36. The molecule has 0 aromatic heterocycles. The van der Waals surface area contributed by atoms with Crippen molar-refractivity contribution in [2.24, 2.45) is 0 Å². The van der Waals surface area contributed by atoms with Gasteiger partial charge in [-0.15, -0.1) is 0 Å². The predicted molar refractivity (Wildman–Crippen MR) is 137 cm³/mol. The van der Waals surface area contributed by atoms with Crippen molar-refractivity contribution in [1.29, 1.82) is 0 Å². The molecule has 37 heavy (non-hydrogen) atoms. The number of dihydropyridines is 1. The van der Waals surface area contributed by atoms with Gasteiger partial charge in [0.05, 0.1) is 17.6 Å². The van der Waals surface area contributed by atoms with Gasteiger partial charge in [0.2, 0.25) is 0 Å². The number of nitro benzene ring substituents is 1. The summed E-state index contributed by atoms with van der Waals surface area (Å²) in [6.07, 6.45) is 4.40. The van der Waals surface area contributed by atoms with E-state index in [1.807, 2.05) is 24.3 Å². The molecule has 0 spiro atoms. The van der Waals surface area contributed by atoms with Crippen LogP contribution in [0.15, 0.2) is 71.1 Å². The number of nitrogens with zero attached hydrogens (tertiary/aromatic N) is 1. The van der Waals surface area contributed by atoms with Crippen molar-refractivity contribution in [2.45, 2.75) is 63.4 Å². The molecule has 192 valence electrons. The van der Waals surface area contributed by atoms with Gasteiger partial charge >= 0.3 is 5.97 Å². The Morgan fingerprint density at radius 1 is 1.05 bits per heavy atom. The van der Waals surface area contributed by atoms with Gasteiger partial charge in [-0.2, -0.15) is 0 Å². The topological polar surface area (TPSA) is 108 Å². The van der Waals surface area contributed by atoms with Crippen LogP contribution < -0.4 is 10.1 Å². The molecular weight excluding hydrogens is 472 g/mol. The molecule has 8 nitrogen and oxygen atoms in total. The number of allylic oxidation sites excluding steroid dienone is 3. The van der Waals surface area contributed by atoms with E-state index in [0.717, 1.165) is 42.7 Å². The molecule has 0 saturated heterocycles. The number of carbonyl (C=O) groups excluding carboxylic acids is 2. The first-order valence-corrected chi connectivity index (χ1v) is 12.7. The third kappa shape index (κ3) is 4.88. The van der Waals surface area contributed by atoms with E-state index in [-0.39, 0.29) is 29.9 Å². The predicted octanol–water partition coefficient (Wildman–Crippen LogP) is 5.45. The molecule has 1 saturated carbocycles. The lowest BCUT2D eigenvalue weighted by atomic mass is 9.71. The number of rotatable bonds is 6. The minimum absolute atomic E-state index is 0.0322. The molecule has 2 aliphatic carbocycles. The molecule has 2 aromatic rings. The largest absolute Gasteiger partial charge is 0.497 e. The van der Waals surface area contributed by atoms with Gasteiger partial charge < -0.3 is 14.8 Å². The van der Waals surface area contributed by atoms with E-state index >= 15 is 0 Å². The van der Waals surface area contributed by atoms with Crippen molar-refractivity contribution in [3.05, 3.63) is 92.3 Å². The Labute approximate surface area is 215 Å². The van der Waals surface area contributed by atoms with Crippen LogP contribution in [0.4, 0.5) is 5.69 Å². The fraction of sp³-hybridized carbons (Fsp3) is 0.379. The first-order valence-electron chi connectivity index (χ1n) is 12.7. The maximum atomic E-state index is 13.7. The fourth-order valence-electron chi connectivity index (χ4n) is 5.79. The third-order valence-electron chi connectivity index (χ3n) is 7.62. The van der Waals surface area contributed by atoms with Crippen LogP contribution in [0, 0.1) is 10.1 Å². The number of carbonyl (C=O) groups is 2. The van der Waals surface area contributed by atoms with Crippen LogP contribution in [-0.4, -0.2) is 29.9 Å². The average Bonchev–Trinajstić information content (AvgIpc) is 3.40. The molecule has 1 N–H and O–H groups in total. The summed E-state index contributed by atoms with van der Waals surface area (Å²) >= 11 is 0. The van der Waals surface area contributed by atoms with Gasteiger partial charge in [-0.25, -0.2) is 4.79 Å². The van der Waals surface area contributed by atoms with E-state index in [9.17, 15) is 19.7 Å². The number of esters is 1. The number of benzene rings is 2. The number of hydrogen-bond donors (Lipinski definition) is 1. The molecule has 3 aliphatic rings. The first kappa shape index (κ1) is 24.7. The van der Waals surface area contributed by atoms with Crippen LogP contribution >= 0.6 is 0 Å². The summed E-state index contributed by atoms with van der Waals surface area (Å²) in [5.41, 5.74) is 3.69. The van der Waals surface area contributed by atoms with Gasteiger partial charge in [0, 0.05) is 41.4 Å². The number of nitrogens with one attached hydrogen (secondary N) is 1. The van der Waals surface area contributed by atoms with Crippen LogP contribution in [0.25, 0.3) is 0 Å². The SMILES string of the molecule is COc1ccc([C@H]2CC(=O)C3=C(C2)NC(C)=C(C(=O)OC2CCCC2)[C@H]3c2cccc([N+](=O)[O-])c2)cc1. The molecule has 1 heterocycles. The zero-order valence-electron chi connectivity index (χ0n) is 21.0. The van der Waals surface area contributed by atoms with Crippen molar-refractivity contribution in [1.82, 2.24) is 5.32 Å². The first-order chi connectivity index (χ1) is 17.9. The molecule has 0 amide bonds. The van der Waals surface area contributed by atoms with Gasteiger partial charge in [-0.05, 0) is 68.2 Å². The smallest absolute Gasteiger partial charge is 0.337 e. The molecule has 1 fully saturated rings. The number of ketones is 1. The number of Topliss-reactive ketones (excluding diaryl/α,β-unsaturated/α-hetero) is 1. The molecule has 2 aromatic carbocycles. The molecule has 2 atom stereocenters. The van der Waals surface area contributed by atoms with Crippen molar-refractivity contribution in [3.8, 4) is 5.75 Å². The number of hydrogen-bond acceptors (Lipinski definition) is 7. The number of nitro groups is 1. The van der Waals surface area contributed by atoms with E-state index in [2.05, 4.69) is 5.32 Å². The van der Waals surface area contributed by atoms with Gasteiger partial charge in [0.15, 0.2) is 5.78 Å². The zero-order chi connectivity index (χ0) is 26.1. The Morgan fingerprint density at radius 2 is 1.78 bits per heavy atom. The van der Waals surface area contributed by atoms with Crippen LogP contribution in [0.1, 0.15) is 68.4 Å². The highest BCUT2D eigenvalue weighted by Gasteiger charge is 2.42. The lowest BCUT2D eigenvalue weighted by Gasteiger charge is -2.37.